The monoisotopic (exact) mass is 609 g/mol. The van der Waals surface area contributed by atoms with Gasteiger partial charge in [-0.3, -0.25) is 9.59 Å². The molecule has 2 aliphatic heterocycles. The Kier molecular flexibility index (Phi) is 8.25. The lowest BCUT2D eigenvalue weighted by atomic mass is 9.73. The second kappa shape index (κ2) is 11.6. The Morgan fingerprint density at radius 2 is 1.88 bits per heavy atom. The summed E-state index contributed by atoms with van der Waals surface area (Å²) in [6.07, 6.45) is -2.64. The predicted molar refractivity (Wildman–Crippen MR) is 149 cm³/mol. The molecule has 1 saturated heterocycles. The molecule has 2 fully saturated rings. The molecule has 1 saturated carbocycles. The second-order valence-corrected chi connectivity index (χ2v) is 11.5. The molecular weight excluding hydrogens is 577 g/mol. The molecule has 1 aromatic carbocycles. The third-order valence-corrected chi connectivity index (χ3v) is 8.67. The van der Waals surface area contributed by atoms with Gasteiger partial charge in [0.1, 0.15) is 5.82 Å². The summed E-state index contributed by atoms with van der Waals surface area (Å²) >= 11 is 0. The number of piperazine rings is 1. The predicted octanol–water partition coefficient (Wildman–Crippen LogP) is 5.03. The average Bonchev–Trinajstić information content (AvgIpc) is 2.93. The summed E-state index contributed by atoms with van der Waals surface area (Å²) in [5, 5.41) is 12.5. The van der Waals surface area contributed by atoms with Crippen molar-refractivity contribution < 1.29 is 36.6 Å². The molecule has 2 atom stereocenters. The van der Waals surface area contributed by atoms with Crippen molar-refractivity contribution in [3.8, 4) is 0 Å². The minimum atomic E-state index is -3.11. The van der Waals surface area contributed by atoms with Gasteiger partial charge in [0, 0.05) is 74.5 Å². The maximum absolute atomic E-state index is 15.8. The summed E-state index contributed by atoms with van der Waals surface area (Å²) < 4.78 is 70.2. The Morgan fingerprint density at radius 3 is 2.51 bits per heavy atom. The van der Waals surface area contributed by atoms with Crippen molar-refractivity contribution in [2.24, 2.45) is 5.92 Å². The number of carboxylic acid groups (broad SMARTS) is 1. The van der Waals surface area contributed by atoms with Crippen LogP contribution in [0.5, 0.6) is 0 Å². The van der Waals surface area contributed by atoms with Crippen molar-refractivity contribution in [3.63, 3.8) is 0 Å². The van der Waals surface area contributed by atoms with E-state index in [1.54, 1.807) is 6.08 Å². The highest BCUT2D eigenvalue weighted by molar-refractivity contribution is 6.07. The van der Waals surface area contributed by atoms with Crippen LogP contribution in [0.25, 0.3) is 5.57 Å². The van der Waals surface area contributed by atoms with Gasteiger partial charge in [0.2, 0.25) is 11.5 Å². The van der Waals surface area contributed by atoms with Crippen LogP contribution < -0.4 is 15.8 Å². The van der Waals surface area contributed by atoms with Crippen LogP contribution in [0.4, 0.5) is 38.1 Å². The maximum atomic E-state index is 15.8. The van der Waals surface area contributed by atoms with Gasteiger partial charge in [0.15, 0.2) is 0 Å². The Morgan fingerprint density at radius 1 is 1.16 bits per heavy atom. The van der Waals surface area contributed by atoms with E-state index in [-0.39, 0.29) is 35.8 Å². The van der Waals surface area contributed by atoms with Crippen molar-refractivity contribution in [2.75, 3.05) is 43.4 Å². The standard InChI is InChI=1S/C29H32F5N5O4/c1-15-13-38(6-5-37(15)2)24-9-21(30)18(7-22(24)36-27(41)20-12-35-25(40)8-19(20)26(31)32)16-3-4-23(39(14-16)28(42)43)17-10-29(33,34)11-17/h3,7-9,12,15,17,23,26H,4-6,10-11,13-14H2,1-2H3,(H,35,40)(H,36,41)(H,42,43)/t15-,23?/m1/s1. The van der Waals surface area contributed by atoms with Crippen LogP contribution in [0, 0.1) is 11.7 Å². The van der Waals surface area contributed by atoms with Crippen LogP contribution in [-0.2, 0) is 0 Å². The largest absolute Gasteiger partial charge is 0.465 e. The van der Waals surface area contributed by atoms with Gasteiger partial charge in [-0.25, -0.2) is 26.7 Å². The Labute approximate surface area is 244 Å². The first-order valence-corrected chi connectivity index (χ1v) is 13.9. The number of pyridine rings is 1. The molecule has 1 unspecified atom stereocenters. The molecule has 5 rings (SSSR count). The smallest absolute Gasteiger partial charge is 0.407 e. The van der Waals surface area contributed by atoms with E-state index in [9.17, 15) is 37.1 Å². The summed E-state index contributed by atoms with van der Waals surface area (Å²) in [6.45, 7) is 3.31. The van der Waals surface area contributed by atoms with Crippen molar-refractivity contribution in [2.45, 2.75) is 50.6 Å². The van der Waals surface area contributed by atoms with E-state index in [0.29, 0.717) is 31.4 Å². The number of carbonyl (C=O) groups is 2. The highest BCUT2D eigenvalue weighted by Crippen LogP contribution is 2.47. The number of rotatable bonds is 6. The van der Waals surface area contributed by atoms with Gasteiger partial charge in [0.25, 0.3) is 12.3 Å². The van der Waals surface area contributed by atoms with Crippen LogP contribution >= 0.6 is 0 Å². The summed E-state index contributed by atoms with van der Waals surface area (Å²) in [5.74, 6) is -5.00. The van der Waals surface area contributed by atoms with Gasteiger partial charge < -0.3 is 30.1 Å². The number of halogens is 5. The number of alkyl halides is 4. The molecule has 14 heteroatoms. The number of aromatic amines is 1. The van der Waals surface area contributed by atoms with Crippen molar-refractivity contribution in [3.05, 3.63) is 63.3 Å². The third kappa shape index (κ3) is 6.24. The molecule has 2 aromatic rings. The second-order valence-electron chi connectivity index (χ2n) is 11.5. The van der Waals surface area contributed by atoms with Crippen molar-refractivity contribution in [1.29, 1.82) is 0 Å². The molecule has 3 heterocycles. The van der Waals surface area contributed by atoms with Crippen LogP contribution in [-0.4, -0.2) is 83.1 Å². The highest BCUT2D eigenvalue weighted by atomic mass is 19.3. The number of anilines is 2. The lowest BCUT2D eigenvalue weighted by molar-refractivity contribution is -0.128. The van der Waals surface area contributed by atoms with Gasteiger partial charge >= 0.3 is 6.09 Å². The number of amides is 2. The van der Waals surface area contributed by atoms with Crippen LogP contribution in [0.3, 0.4) is 0 Å². The van der Waals surface area contributed by atoms with E-state index in [4.69, 9.17) is 0 Å². The van der Waals surface area contributed by atoms with Crippen molar-refractivity contribution >= 4 is 28.9 Å². The maximum Gasteiger partial charge on any atom is 0.407 e. The fraction of sp³-hybridized carbons (Fsp3) is 0.483. The lowest BCUT2D eigenvalue weighted by Gasteiger charge is -2.45. The first-order valence-electron chi connectivity index (χ1n) is 13.9. The molecule has 9 nitrogen and oxygen atoms in total. The van der Waals surface area contributed by atoms with E-state index in [1.807, 2.05) is 18.9 Å². The molecule has 2 amide bonds. The molecular formula is C29H32F5N5O4. The molecule has 1 aliphatic carbocycles. The van der Waals surface area contributed by atoms with Gasteiger partial charge in [-0.1, -0.05) is 6.08 Å². The fourth-order valence-corrected chi connectivity index (χ4v) is 6.08. The number of benzene rings is 1. The van der Waals surface area contributed by atoms with E-state index in [0.717, 1.165) is 11.1 Å². The highest BCUT2D eigenvalue weighted by Gasteiger charge is 2.51. The van der Waals surface area contributed by atoms with Gasteiger partial charge in [0.05, 0.1) is 16.9 Å². The number of carbonyl (C=O) groups excluding carboxylic acids is 1. The minimum Gasteiger partial charge on any atom is -0.465 e. The summed E-state index contributed by atoms with van der Waals surface area (Å²) in [4.78, 5) is 44.2. The Bertz CT molecular complexity index is 1500. The summed E-state index contributed by atoms with van der Waals surface area (Å²) in [7, 11) is 1.94. The zero-order valence-corrected chi connectivity index (χ0v) is 23.5. The van der Waals surface area contributed by atoms with Gasteiger partial charge in [-0.2, -0.15) is 0 Å². The van der Waals surface area contributed by atoms with Crippen LogP contribution in [0.2, 0.25) is 0 Å². The topological polar surface area (TPSA) is 109 Å². The Hall–Kier alpha value is -3.94. The van der Waals surface area contributed by atoms with E-state index in [1.165, 1.54) is 12.1 Å². The molecule has 43 heavy (non-hydrogen) atoms. The van der Waals surface area contributed by atoms with E-state index >= 15 is 4.39 Å². The number of nitrogens with one attached hydrogen (secondary N) is 2. The molecule has 0 radical (unpaired) electrons. The Balaban J connectivity index is 1.52. The number of hydrogen-bond donors (Lipinski definition) is 3. The normalized spacial score (nSPS) is 22.7. The lowest BCUT2D eigenvalue weighted by Crippen LogP contribution is -2.53. The van der Waals surface area contributed by atoms with Gasteiger partial charge in [-0.15, -0.1) is 0 Å². The number of aromatic nitrogens is 1. The van der Waals surface area contributed by atoms with E-state index in [2.05, 4.69) is 15.2 Å². The number of likely N-dealkylation sites (N-methyl/N-ethyl adjacent to an activating group) is 1. The van der Waals surface area contributed by atoms with Gasteiger partial charge in [-0.05, 0) is 44.0 Å². The summed E-state index contributed by atoms with van der Waals surface area (Å²) in [6, 6.07) is 2.59. The zero-order chi connectivity index (χ0) is 31.2. The number of H-pyrrole nitrogens is 1. The third-order valence-electron chi connectivity index (χ3n) is 8.67. The zero-order valence-electron chi connectivity index (χ0n) is 23.5. The molecule has 0 bridgehead atoms. The first-order chi connectivity index (χ1) is 20.2. The number of nitrogens with zero attached hydrogens (tertiary/aromatic N) is 3. The first kappa shape index (κ1) is 30.5. The fourth-order valence-electron chi connectivity index (χ4n) is 6.08. The SMILES string of the molecule is C[C@@H]1CN(c2cc(F)c(C3=CCC(C4CC(F)(F)C4)N(C(=O)O)C3)cc2NC(=O)c2c[nH]c(=O)cc2C(F)F)CCN1C. The molecule has 0 spiro atoms. The molecule has 232 valence electrons. The van der Waals surface area contributed by atoms with Crippen molar-refractivity contribution in [1.82, 2.24) is 14.8 Å². The number of hydrogen-bond acceptors (Lipinski definition) is 5. The van der Waals surface area contributed by atoms with Crippen LogP contribution in [0.1, 0.15) is 54.1 Å². The quantitative estimate of drug-likeness (QED) is 0.397. The minimum absolute atomic E-state index is 0.0135. The molecule has 3 N–H and O–H groups in total. The van der Waals surface area contributed by atoms with Crippen LogP contribution in [0.15, 0.2) is 35.3 Å². The molecule has 1 aromatic heterocycles. The average molecular weight is 610 g/mol. The van der Waals surface area contributed by atoms with E-state index < -0.39 is 71.7 Å². The summed E-state index contributed by atoms with van der Waals surface area (Å²) in [5.41, 5.74) is -1.36. The molecule has 3 aliphatic rings.